The molecular formula is C30H33NO2S. The molecule has 0 atom stereocenters. The number of ether oxygens (including phenoxy) is 1. The summed E-state index contributed by atoms with van der Waals surface area (Å²) in [5, 5.41) is 10.9. The van der Waals surface area contributed by atoms with Crippen molar-refractivity contribution >= 4 is 21.4 Å². The zero-order valence-corrected chi connectivity index (χ0v) is 21.0. The first kappa shape index (κ1) is 23.1. The van der Waals surface area contributed by atoms with Crippen molar-refractivity contribution in [3.8, 4) is 16.2 Å². The molecule has 1 saturated heterocycles. The van der Waals surface area contributed by atoms with Crippen LogP contribution in [-0.4, -0.2) is 36.2 Å². The van der Waals surface area contributed by atoms with E-state index in [0.717, 1.165) is 36.4 Å². The molecule has 5 rings (SSSR count). The summed E-state index contributed by atoms with van der Waals surface area (Å²) in [7, 11) is 0. The number of thiophene rings is 1. The van der Waals surface area contributed by atoms with Crippen molar-refractivity contribution in [3.63, 3.8) is 0 Å². The first-order chi connectivity index (χ1) is 16.6. The lowest BCUT2D eigenvalue weighted by Gasteiger charge is -2.15. The van der Waals surface area contributed by atoms with E-state index in [1.54, 1.807) is 0 Å². The van der Waals surface area contributed by atoms with Gasteiger partial charge in [0.15, 0.2) is 0 Å². The van der Waals surface area contributed by atoms with Gasteiger partial charge in [-0.2, -0.15) is 0 Å². The fraction of sp³-hybridized carbons (Fsp3) is 0.333. The molecule has 0 aliphatic carbocycles. The van der Waals surface area contributed by atoms with E-state index in [1.165, 1.54) is 63.1 Å². The molecule has 3 aromatic carbocycles. The van der Waals surface area contributed by atoms with Gasteiger partial charge in [0.05, 0.1) is 6.61 Å². The van der Waals surface area contributed by atoms with Crippen LogP contribution in [0.2, 0.25) is 0 Å². The number of aliphatic hydroxyl groups excluding tert-OH is 1. The number of aliphatic hydroxyl groups is 1. The summed E-state index contributed by atoms with van der Waals surface area (Å²) in [5.74, 6) is 0.941. The monoisotopic (exact) mass is 471 g/mol. The molecule has 4 heteroatoms. The second-order valence-electron chi connectivity index (χ2n) is 9.43. The maximum atomic E-state index is 9.55. The Hall–Kier alpha value is -2.66. The third-order valence-electron chi connectivity index (χ3n) is 6.90. The number of hydrogen-bond acceptors (Lipinski definition) is 4. The largest absolute Gasteiger partial charge is 0.492 e. The van der Waals surface area contributed by atoms with Gasteiger partial charge in [0.2, 0.25) is 0 Å². The highest BCUT2D eigenvalue weighted by molar-refractivity contribution is 7.22. The standard InChI is InChI=1S/C30H33NO2S/c1-21-5-12-27-28(19-23-6-7-25(20-32)22(2)18-23)30(34-29(27)17-21)24-8-10-26(11-9-24)33-16-15-31-13-3-4-14-31/h5-12,17-18,32H,3-4,13-16,19-20H2,1-2H3. The van der Waals surface area contributed by atoms with E-state index in [4.69, 9.17) is 4.74 Å². The normalized spacial score (nSPS) is 14.2. The van der Waals surface area contributed by atoms with Gasteiger partial charge in [0, 0.05) is 16.1 Å². The summed E-state index contributed by atoms with van der Waals surface area (Å²) < 4.78 is 7.37. The second-order valence-corrected chi connectivity index (χ2v) is 10.5. The van der Waals surface area contributed by atoms with E-state index >= 15 is 0 Å². The van der Waals surface area contributed by atoms with Crippen LogP contribution in [0.15, 0.2) is 60.7 Å². The number of likely N-dealkylation sites (tertiary alicyclic amines) is 1. The van der Waals surface area contributed by atoms with E-state index in [1.807, 2.05) is 11.3 Å². The molecular weight excluding hydrogens is 438 g/mol. The summed E-state index contributed by atoms with van der Waals surface area (Å²) in [6.07, 6.45) is 3.51. The molecule has 0 amide bonds. The Labute approximate surface area is 206 Å². The number of rotatable bonds is 8. The van der Waals surface area contributed by atoms with Crippen LogP contribution in [0.5, 0.6) is 5.75 Å². The molecule has 2 heterocycles. The summed E-state index contributed by atoms with van der Waals surface area (Å²) in [6.45, 7) is 8.49. The quantitative estimate of drug-likeness (QED) is 0.309. The van der Waals surface area contributed by atoms with Gasteiger partial charge in [-0.05, 0) is 115 Å². The minimum atomic E-state index is 0.0878. The highest BCUT2D eigenvalue weighted by atomic mass is 32.1. The summed E-state index contributed by atoms with van der Waals surface area (Å²) in [5.41, 5.74) is 7.32. The number of fused-ring (bicyclic) bond motifs is 1. The highest BCUT2D eigenvalue weighted by Gasteiger charge is 2.16. The van der Waals surface area contributed by atoms with Crippen LogP contribution in [-0.2, 0) is 13.0 Å². The minimum Gasteiger partial charge on any atom is -0.492 e. The predicted octanol–water partition coefficient (Wildman–Crippen LogP) is 6.74. The Morgan fingerprint density at radius 2 is 1.74 bits per heavy atom. The van der Waals surface area contributed by atoms with Crippen molar-refractivity contribution in [1.82, 2.24) is 4.90 Å². The van der Waals surface area contributed by atoms with E-state index in [0.29, 0.717) is 0 Å². The predicted molar refractivity (Wildman–Crippen MR) is 143 cm³/mol. The molecule has 0 radical (unpaired) electrons. The van der Waals surface area contributed by atoms with Crippen LogP contribution in [0.1, 0.15) is 40.7 Å². The lowest BCUT2D eigenvalue weighted by molar-refractivity contribution is 0.238. The van der Waals surface area contributed by atoms with Crippen molar-refractivity contribution in [2.45, 2.75) is 39.7 Å². The third-order valence-corrected chi connectivity index (χ3v) is 8.14. The average molecular weight is 472 g/mol. The molecule has 3 nitrogen and oxygen atoms in total. The summed E-state index contributed by atoms with van der Waals surface area (Å²) in [4.78, 5) is 3.81. The molecule has 0 bridgehead atoms. The van der Waals surface area contributed by atoms with Crippen LogP contribution < -0.4 is 4.74 Å². The van der Waals surface area contributed by atoms with Crippen LogP contribution in [0, 0.1) is 13.8 Å². The summed E-state index contributed by atoms with van der Waals surface area (Å²) in [6, 6.07) is 21.8. The van der Waals surface area contributed by atoms with E-state index < -0.39 is 0 Å². The fourth-order valence-electron chi connectivity index (χ4n) is 4.92. The molecule has 0 spiro atoms. The Bertz CT molecular complexity index is 1270. The fourth-order valence-corrected chi connectivity index (χ4v) is 6.24. The number of hydrogen-bond donors (Lipinski definition) is 1. The van der Waals surface area contributed by atoms with Gasteiger partial charge in [-0.1, -0.05) is 30.3 Å². The van der Waals surface area contributed by atoms with Gasteiger partial charge in [-0.3, -0.25) is 4.90 Å². The number of benzene rings is 3. The Morgan fingerprint density at radius 3 is 2.47 bits per heavy atom. The van der Waals surface area contributed by atoms with E-state index in [-0.39, 0.29) is 6.61 Å². The van der Waals surface area contributed by atoms with Gasteiger partial charge >= 0.3 is 0 Å². The maximum Gasteiger partial charge on any atom is 0.119 e. The zero-order valence-electron chi connectivity index (χ0n) is 20.1. The van der Waals surface area contributed by atoms with E-state index in [2.05, 4.69) is 79.4 Å². The molecule has 0 unspecified atom stereocenters. The molecule has 1 N–H and O–H groups in total. The topological polar surface area (TPSA) is 32.7 Å². The molecule has 1 aliphatic heterocycles. The molecule has 0 saturated carbocycles. The van der Waals surface area contributed by atoms with Crippen molar-refractivity contribution in [2.75, 3.05) is 26.2 Å². The van der Waals surface area contributed by atoms with Crippen LogP contribution in [0.25, 0.3) is 20.5 Å². The van der Waals surface area contributed by atoms with Gasteiger partial charge in [-0.25, -0.2) is 0 Å². The maximum absolute atomic E-state index is 9.55. The van der Waals surface area contributed by atoms with Crippen molar-refractivity contribution in [1.29, 1.82) is 0 Å². The summed E-state index contributed by atoms with van der Waals surface area (Å²) >= 11 is 1.88. The zero-order chi connectivity index (χ0) is 23.5. The SMILES string of the molecule is Cc1ccc2c(Cc3ccc(CO)c(C)c3)c(-c3ccc(OCCN4CCCC4)cc3)sc2c1. The van der Waals surface area contributed by atoms with Gasteiger partial charge < -0.3 is 9.84 Å². The third kappa shape index (κ3) is 5.05. The van der Waals surface area contributed by atoms with Gasteiger partial charge in [0.1, 0.15) is 12.4 Å². The van der Waals surface area contributed by atoms with Gasteiger partial charge in [0.25, 0.3) is 0 Å². The Balaban J connectivity index is 1.41. The van der Waals surface area contributed by atoms with E-state index in [9.17, 15) is 5.11 Å². The first-order valence-corrected chi connectivity index (χ1v) is 13.1. The van der Waals surface area contributed by atoms with Crippen LogP contribution in [0.3, 0.4) is 0 Å². The molecule has 34 heavy (non-hydrogen) atoms. The highest BCUT2D eigenvalue weighted by Crippen LogP contribution is 2.40. The average Bonchev–Trinajstić information content (AvgIpc) is 3.48. The Kier molecular flexibility index (Phi) is 7.00. The van der Waals surface area contributed by atoms with Crippen LogP contribution >= 0.6 is 11.3 Å². The van der Waals surface area contributed by atoms with Crippen molar-refractivity contribution < 1.29 is 9.84 Å². The first-order valence-electron chi connectivity index (χ1n) is 12.3. The second kappa shape index (κ2) is 10.3. The van der Waals surface area contributed by atoms with Crippen molar-refractivity contribution in [3.05, 3.63) is 88.5 Å². The van der Waals surface area contributed by atoms with Crippen molar-refractivity contribution in [2.24, 2.45) is 0 Å². The van der Waals surface area contributed by atoms with Crippen LogP contribution in [0.4, 0.5) is 0 Å². The lowest BCUT2D eigenvalue weighted by Crippen LogP contribution is -2.25. The molecule has 1 fully saturated rings. The molecule has 176 valence electrons. The lowest BCUT2D eigenvalue weighted by atomic mass is 9.96. The molecule has 4 aromatic rings. The smallest absolute Gasteiger partial charge is 0.119 e. The van der Waals surface area contributed by atoms with Gasteiger partial charge in [-0.15, -0.1) is 11.3 Å². The Morgan fingerprint density at radius 1 is 0.941 bits per heavy atom. The number of nitrogens with zero attached hydrogens (tertiary/aromatic N) is 1. The molecule has 1 aromatic heterocycles. The minimum absolute atomic E-state index is 0.0878. The number of aryl methyl sites for hydroxylation is 2. The molecule has 1 aliphatic rings.